The van der Waals surface area contributed by atoms with E-state index >= 15 is 0 Å². The minimum Gasteiger partial charge on any atom is -0.389 e. The van der Waals surface area contributed by atoms with Gasteiger partial charge in [-0.1, -0.05) is 31.4 Å². The minimum atomic E-state index is -3.48. The molecule has 0 amide bonds. The quantitative estimate of drug-likeness (QED) is 0.878. The van der Waals surface area contributed by atoms with E-state index in [1.165, 1.54) is 25.3 Å². The van der Waals surface area contributed by atoms with Crippen LogP contribution in [0.15, 0.2) is 29.2 Å². The maximum absolute atomic E-state index is 12.3. The fraction of sp³-hybridized carbons (Fsp3) is 0.600. The number of sulfonamides is 1. The highest BCUT2D eigenvalue weighted by Gasteiger charge is 2.19. The van der Waals surface area contributed by atoms with Crippen LogP contribution < -0.4 is 4.72 Å². The second-order valence-corrected chi connectivity index (χ2v) is 7.37. The molecule has 2 N–H and O–H groups in total. The van der Waals surface area contributed by atoms with Crippen molar-refractivity contribution in [2.75, 3.05) is 6.54 Å². The minimum absolute atomic E-state index is 0.228. The lowest BCUT2D eigenvalue weighted by atomic mass is 9.90. The molecule has 0 spiro atoms. The maximum atomic E-state index is 12.3. The molecule has 1 aromatic rings. The van der Waals surface area contributed by atoms with Gasteiger partial charge < -0.3 is 5.11 Å². The first-order valence-corrected chi connectivity index (χ1v) is 8.75. The summed E-state index contributed by atoms with van der Waals surface area (Å²) in [7, 11) is -3.48. The third-order valence-corrected chi connectivity index (χ3v) is 5.36. The Morgan fingerprint density at radius 2 is 2.00 bits per heavy atom. The fourth-order valence-corrected chi connectivity index (χ4v) is 3.81. The average molecular weight is 297 g/mol. The van der Waals surface area contributed by atoms with Crippen molar-refractivity contribution in [3.8, 4) is 0 Å². The molecule has 20 heavy (non-hydrogen) atoms. The van der Waals surface area contributed by atoms with Crippen molar-refractivity contribution in [3.05, 3.63) is 29.8 Å². The molecule has 1 aliphatic rings. The Labute approximate surface area is 121 Å². The van der Waals surface area contributed by atoms with Gasteiger partial charge in [0.05, 0.1) is 11.0 Å². The zero-order valence-corrected chi connectivity index (χ0v) is 12.7. The van der Waals surface area contributed by atoms with Gasteiger partial charge in [-0.3, -0.25) is 0 Å². The number of aliphatic hydroxyl groups excluding tert-OH is 1. The van der Waals surface area contributed by atoms with E-state index in [-0.39, 0.29) is 4.90 Å². The van der Waals surface area contributed by atoms with Gasteiger partial charge in [-0.15, -0.1) is 0 Å². The number of benzene rings is 1. The monoisotopic (exact) mass is 297 g/mol. The molecule has 1 fully saturated rings. The molecule has 0 saturated heterocycles. The summed E-state index contributed by atoms with van der Waals surface area (Å²) in [5.41, 5.74) is 0.616. The highest BCUT2D eigenvalue weighted by Crippen LogP contribution is 2.23. The second kappa shape index (κ2) is 6.70. The van der Waals surface area contributed by atoms with Gasteiger partial charge in [0.2, 0.25) is 10.0 Å². The van der Waals surface area contributed by atoms with Crippen LogP contribution in [0.3, 0.4) is 0 Å². The van der Waals surface area contributed by atoms with E-state index in [9.17, 15) is 13.5 Å². The number of rotatable bonds is 5. The zero-order valence-electron chi connectivity index (χ0n) is 11.9. The van der Waals surface area contributed by atoms with Crippen LogP contribution in [-0.4, -0.2) is 20.1 Å². The first-order chi connectivity index (χ1) is 9.49. The summed E-state index contributed by atoms with van der Waals surface area (Å²) >= 11 is 0. The van der Waals surface area contributed by atoms with Crippen LogP contribution in [0.1, 0.15) is 50.7 Å². The van der Waals surface area contributed by atoms with E-state index in [0.717, 1.165) is 12.8 Å². The second-order valence-electron chi connectivity index (χ2n) is 5.60. The fourth-order valence-electron chi connectivity index (χ4n) is 2.64. The van der Waals surface area contributed by atoms with Crippen molar-refractivity contribution in [2.45, 2.75) is 50.0 Å². The Balaban J connectivity index is 2.03. The van der Waals surface area contributed by atoms with Gasteiger partial charge in [-0.25, -0.2) is 13.1 Å². The number of hydrogen-bond donors (Lipinski definition) is 2. The largest absolute Gasteiger partial charge is 0.389 e. The summed E-state index contributed by atoms with van der Waals surface area (Å²) in [6.07, 6.45) is 5.21. The predicted molar refractivity (Wildman–Crippen MR) is 78.8 cm³/mol. The van der Waals surface area contributed by atoms with Gasteiger partial charge in [-0.05, 0) is 43.4 Å². The summed E-state index contributed by atoms with van der Waals surface area (Å²) in [5.74, 6) is 0.457. The van der Waals surface area contributed by atoms with Gasteiger partial charge in [-0.2, -0.15) is 0 Å². The zero-order chi connectivity index (χ0) is 14.6. The Bertz CT molecular complexity index is 534. The first kappa shape index (κ1) is 15.5. The highest BCUT2D eigenvalue weighted by atomic mass is 32.2. The molecule has 4 nitrogen and oxygen atoms in total. The average Bonchev–Trinajstić information content (AvgIpc) is 2.46. The van der Waals surface area contributed by atoms with E-state index in [2.05, 4.69) is 4.72 Å². The molecule has 5 heteroatoms. The summed E-state index contributed by atoms with van der Waals surface area (Å²) in [6.45, 7) is 2.14. The summed E-state index contributed by atoms with van der Waals surface area (Å²) in [6, 6.07) is 6.49. The molecular weight excluding hydrogens is 274 g/mol. The van der Waals surface area contributed by atoms with Gasteiger partial charge in [0.1, 0.15) is 0 Å². The molecule has 1 saturated carbocycles. The van der Waals surface area contributed by atoms with Crippen LogP contribution in [0, 0.1) is 5.92 Å². The molecule has 1 aromatic carbocycles. The van der Waals surface area contributed by atoms with E-state index < -0.39 is 16.1 Å². The third-order valence-electron chi connectivity index (χ3n) is 3.94. The van der Waals surface area contributed by atoms with Crippen LogP contribution >= 0.6 is 0 Å². The Kier molecular flexibility index (Phi) is 5.18. The Morgan fingerprint density at radius 3 is 2.65 bits per heavy atom. The first-order valence-electron chi connectivity index (χ1n) is 7.27. The lowest BCUT2D eigenvalue weighted by Crippen LogP contribution is -2.30. The van der Waals surface area contributed by atoms with Crippen LogP contribution in [0.2, 0.25) is 0 Å². The molecule has 0 aromatic heterocycles. The summed E-state index contributed by atoms with van der Waals surface area (Å²) < 4.78 is 27.2. The molecule has 2 rings (SSSR count). The molecule has 0 radical (unpaired) electrons. The molecule has 112 valence electrons. The third kappa shape index (κ3) is 4.04. The van der Waals surface area contributed by atoms with Crippen molar-refractivity contribution in [1.29, 1.82) is 0 Å². The van der Waals surface area contributed by atoms with Crippen molar-refractivity contribution >= 4 is 10.0 Å². The molecular formula is C15H23NO3S. The normalized spacial score (nSPS) is 18.9. The van der Waals surface area contributed by atoms with Crippen molar-refractivity contribution in [2.24, 2.45) is 5.92 Å². The highest BCUT2D eigenvalue weighted by molar-refractivity contribution is 7.89. The van der Waals surface area contributed by atoms with Gasteiger partial charge in [0.15, 0.2) is 0 Å². The van der Waals surface area contributed by atoms with E-state index in [0.29, 0.717) is 18.0 Å². The molecule has 1 aliphatic carbocycles. The van der Waals surface area contributed by atoms with Crippen molar-refractivity contribution in [3.63, 3.8) is 0 Å². The molecule has 0 bridgehead atoms. The van der Waals surface area contributed by atoms with Gasteiger partial charge in [0, 0.05) is 6.54 Å². The predicted octanol–water partition coefficient (Wildman–Crippen LogP) is 2.60. The van der Waals surface area contributed by atoms with E-state index in [4.69, 9.17) is 0 Å². The van der Waals surface area contributed by atoms with Crippen LogP contribution in [0.25, 0.3) is 0 Å². The van der Waals surface area contributed by atoms with Crippen molar-refractivity contribution in [1.82, 2.24) is 4.72 Å². The standard InChI is InChI=1S/C15H23NO3S/c1-12(17)14-8-5-9-15(10-14)20(18,19)16-11-13-6-3-2-4-7-13/h5,8-10,12-13,16-17H,2-4,6-7,11H2,1H3. The molecule has 0 heterocycles. The lowest BCUT2D eigenvalue weighted by molar-refractivity contribution is 0.199. The van der Waals surface area contributed by atoms with Crippen LogP contribution in [0.5, 0.6) is 0 Å². The number of hydrogen-bond acceptors (Lipinski definition) is 3. The number of nitrogens with one attached hydrogen (secondary N) is 1. The lowest BCUT2D eigenvalue weighted by Gasteiger charge is -2.21. The smallest absolute Gasteiger partial charge is 0.240 e. The van der Waals surface area contributed by atoms with Crippen LogP contribution in [-0.2, 0) is 10.0 Å². The van der Waals surface area contributed by atoms with Crippen molar-refractivity contribution < 1.29 is 13.5 Å². The summed E-state index contributed by atoms with van der Waals surface area (Å²) in [5, 5.41) is 9.53. The SMILES string of the molecule is CC(O)c1cccc(S(=O)(=O)NCC2CCCCC2)c1. The Hall–Kier alpha value is -0.910. The van der Waals surface area contributed by atoms with Gasteiger partial charge >= 0.3 is 0 Å². The topological polar surface area (TPSA) is 66.4 Å². The molecule has 0 aliphatic heterocycles. The van der Waals surface area contributed by atoms with E-state index in [1.54, 1.807) is 25.1 Å². The Morgan fingerprint density at radius 1 is 1.30 bits per heavy atom. The maximum Gasteiger partial charge on any atom is 0.240 e. The number of aliphatic hydroxyl groups is 1. The molecule has 1 unspecified atom stereocenters. The van der Waals surface area contributed by atoms with E-state index in [1.807, 2.05) is 0 Å². The van der Waals surface area contributed by atoms with Gasteiger partial charge in [0.25, 0.3) is 0 Å². The van der Waals surface area contributed by atoms with Crippen LogP contribution in [0.4, 0.5) is 0 Å². The molecule has 1 atom stereocenters. The summed E-state index contributed by atoms with van der Waals surface area (Å²) in [4.78, 5) is 0.228.